The number of aromatic nitrogens is 2. The van der Waals surface area contributed by atoms with E-state index in [4.69, 9.17) is 23.2 Å². The Labute approximate surface area is 121 Å². The molecule has 6 heteroatoms. The Bertz CT molecular complexity index is 614. The average Bonchev–Trinajstić information content (AvgIpc) is 2.41. The maximum atomic E-state index is 12.3. The highest BCUT2D eigenvalue weighted by atomic mass is 35.5. The summed E-state index contributed by atoms with van der Waals surface area (Å²) in [7, 11) is 1.66. The topological polar surface area (TPSA) is 46.1 Å². The standard InChI is InChI=1S/C13H11Cl2N3O/c1-8-3-5-9(6-4-8)18(2)13(19)10-7-11(14)16-17-12(10)15/h3-7H,1-2H3. The van der Waals surface area contributed by atoms with Gasteiger partial charge in [0.1, 0.15) is 0 Å². The van der Waals surface area contributed by atoms with E-state index in [2.05, 4.69) is 10.2 Å². The Hall–Kier alpha value is -1.65. The quantitative estimate of drug-likeness (QED) is 0.853. The van der Waals surface area contributed by atoms with Gasteiger partial charge in [-0.2, -0.15) is 0 Å². The van der Waals surface area contributed by atoms with Crippen LogP contribution in [0.3, 0.4) is 0 Å². The van der Waals surface area contributed by atoms with Crippen molar-refractivity contribution in [2.75, 3.05) is 11.9 Å². The SMILES string of the molecule is Cc1ccc(N(C)C(=O)c2cc(Cl)nnc2Cl)cc1. The molecule has 0 radical (unpaired) electrons. The van der Waals surface area contributed by atoms with Crippen LogP contribution in [0.1, 0.15) is 15.9 Å². The van der Waals surface area contributed by atoms with Crippen molar-refractivity contribution in [3.8, 4) is 0 Å². The van der Waals surface area contributed by atoms with Crippen molar-refractivity contribution in [1.82, 2.24) is 10.2 Å². The molecule has 0 aliphatic heterocycles. The van der Waals surface area contributed by atoms with Crippen LogP contribution in [-0.2, 0) is 0 Å². The van der Waals surface area contributed by atoms with Gasteiger partial charge in [-0.25, -0.2) is 0 Å². The zero-order valence-corrected chi connectivity index (χ0v) is 11.9. The van der Waals surface area contributed by atoms with Crippen LogP contribution >= 0.6 is 23.2 Å². The van der Waals surface area contributed by atoms with Gasteiger partial charge in [0.25, 0.3) is 5.91 Å². The summed E-state index contributed by atoms with van der Waals surface area (Å²) in [5.74, 6) is -0.286. The molecular weight excluding hydrogens is 285 g/mol. The lowest BCUT2D eigenvalue weighted by molar-refractivity contribution is 0.0992. The molecule has 0 bridgehead atoms. The highest BCUT2D eigenvalue weighted by Crippen LogP contribution is 2.21. The van der Waals surface area contributed by atoms with Crippen molar-refractivity contribution >= 4 is 34.8 Å². The van der Waals surface area contributed by atoms with E-state index < -0.39 is 0 Å². The van der Waals surface area contributed by atoms with Crippen LogP contribution in [0.25, 0.3) is 0 Å². The van der Waals surface area contributed by atoms with E-state index in [0.717, 1.165) is 11.3 Å². The molecule has 0 saturated heterocycles. The molecule has 0 N–H and O–H groups in total. The third-order valence-electron chi connectivity index (χ3n) is 2.68. The maximum Gasteiger partial charge on any atom is 0.261 e. The summed E-state index contributed by atoms with van der Waals surface area (Å²) in [5.41, 5.74) is 2.11. The van der Waals surface area contributed by atoms with Crippen LogP contribution in [-0.4, -0.2) is 23.2 Å². The number of benzene rings is 1. The molecule has 0 aliphatic rings. The van der Waals surface area contributed by atoms with Crippen LogP contribution in [0.15, 0.2) is 30.3 Å². The van der Waals surface area contributed by atoms with Crippen molar-refractivity contribution in [2.24, 2.45) is 0 Å². The highest BCUT2D eigenvalue weighted by Gasteiger charge is 2.18. The van der Waals surface area contributed by atoms with E-state index in [0.29, 0.717) is 0 Å². The van der Waals surface area contributed by atoms with Crippen molar-refractivity contribution in [2.45, 2.75) is 6.92 Å². The molecule has 19 heavy (non-hydrogen) atoms. The van der Waals surface area contributed by atoms with Gasteiger partial charge in [-0.15, -0.1) is 10.2 Å². The first-order valence-corrected chi connectivity index (χ1v) is 6.28. The van der Waals surface area contributed by atoms with E-state index in [-0.39, 0.29) is 21.8 Å². The van der Waals surface area contributed by atoms with Crippen LogP contribution < -0.4 is 4.90 Å². The number of anilines is 1. The first-order valence-electron chi connectivity index (χ1n) is 5.52. The Morgan fingerprint density at radius 3 is 2.42 bits per heavy atom. The zero-order valence-electron chi connectivity index (χ0n) is 10.4. The molecule has 0 atom stereocenters. The number of halogens is 2. The van der Waals surface area contributed by atoms with Crippen LogP contribution in [0.5, 0.6) is 0 Å². The second-order valence-corrected chi connectivity index (χ2v) is 4.82. The van der Waals surface area contributed by atoms with Gasteiger partial charge in [-0.05, 0) is 25.1 Å². The molecule has 2 aromatic rings. The van der Waals surface area contributed by atoms with Crippen LogP contribution in [0, 0.1) is 6.92 Å². The fourth-order valence-electron chi connectivity index (χ4n) is 1.57. The minimum absolute atomic E-state index is 0.0355. The molecule has 1 heterocycles. The van der Waals surface area contributed by atoms with Crippen molar-refractivity contribution < 1.29 is 4.79 Å². The number of nitrogens with zero attached hydrogens (tertiary/aromatic N) is 3. The average molecular weight is 296 g/mol. The van der Waals surface area contributed by atoms with E-state index in [9.17, 15) is 4.79 Å². The van der Waals surface area contributed by atoms with Gasteiger partial charge in [-0.1, -0.05) is 40.9 Å². The molecule has 98 valence electrons. The predicted molar refractivity (Wildman–Crippen MR) is 76.0 cm³/mol. The lowest BCUT2D eigenvalue weighted by Gasteiger charge is -2.17. The normalized spacial score (nSPS) is 10.3. The Morgan fingerprint density at radius 1 is 1.16 bits per heavy atom. The number of rotatable bonds is 2. The molecule has 0 aliphatic carbocycles. The monoisotopic (exact) mass is 295 g/mol. The van der Waals surface area contributed by atoms with Gasteiger partial charge in [-0.3, -0.25) is 4.79 Å². The molecule has 0 unspecified atom stereocenters. The minimum Gasteiger partial charge on any atom is -0.311 e. The summed E-state index contributed by atoms with van der Waals surface area (Å²) in [6.45, 7) is 1.98. The minimum atomic E-state index is -0.286. The summed E-state index contributed by atoms with van der Waals surface area (Å²) in [4.78, 5) is 13.8. The first kappa shape index (κ1) is 13.8. The summed E-state index contributed by atoms with van der Waals surface area (Å²) in [6.07, 6.45) is 0. The highest BCUT2D eigenvalue weighted by molar-refractivity contribution is 6.34. The number of amides is 1. The van der Waals surface area contributed by atoms with Crippen LogP contribution in [0.4, 0.5) is 5.69 Å². The lowest BCUT2D eigenvalue weighted by Crippen LogP contribution is -2.26. The van der Waals surface area contributed by atoms with E-state index in [1.165, 1.54) is 11.0 Å². The predicted octanol–water partition coefficient (Wildman–Crippen LogP) is 3.37. The molecular formula is C13H11Cl2N3O. The smallest absolute Gasteiger partial charge is 0.261 e. The molecule has 2 rings (SSSR count). The third kappa shape index (κ3) is 3.03. The molecule has 0 spiro atoms. The molecule has 1 amide bonds. The van der Waals surface area contributed by atoms with Gasteiger partial charge < -0.3 is 4.90 Å². The Balaban J connectivity index is 2.33. The summed E-state index contributed by atoms with van der Waals surface area (Å²) >= 11 is 11.6. The van der Waals surface area contributed by atoms with Gasteiger partial charge in [0.15, 0.2) is 10.3 Å². The van der Waals surface area contributed by atoms with Crippen molar-refractivity contribution in [1.29, 1.82) is 0 Å². The Morgan fingerprint density at radius 2 is 1.79 bits per heavy atom. The van der Waals surface area contributed by atoms with E-state index in [1.807, 2.05) is 31.2 Å². The first-order chi connectivity index (χ1) is 8.99. The Kier molecular flexibility index (Phi) is 4.02. The molecule has 0 saturated carbocycles. The molecule has 1 aromatic carbocycles. The molecule has 0 fully saturated rings. The molecule has 1 aromatic heterocycles. The van der Waals surface area contributed by atoms with Gasteiger partial charge in [0.05, 0.1) is 5.56 Å². The second kappa shape index (κ2) is 5.55. The number of aryl methyl sites for hydroxylation is 1. The van der Waals surface area contributed by atoms with Gasteiger partial charge >= 0.3 is 0 Å². The number of carbonyl (C=O) groups excluding carboxylic acids is 1. The zero-order chi connectivity index (χ0) is 14.0. The van der Waals surface area contributed by atoms with Gasteiger partial charge in [0, 0.05) is 12.7 Å². The lowest BCUT2D eigenvalue weighted by atomic mass is 10.2. The van der Waals surface area contributed by atoms with Crippen molar-refractivity contribution in [3.63, 3.8) is 0 Å². The number of hydrogen-bond donors (Lipinski definition) is 0. The summed E-state index contributed by atoms with van der Waals surface area (Å²) in [6, 6.07) is 8.98. The van der Waals surface area contributed by atoms with Gasteiger partial charge in [0.2, 0.25) is 0 Å². The van der Waals surface area contributed by atoms with E-state index >= 15 is 0 Å². The second-order valence-electron chi connectivity index (χ2n) is 4.07. The number of hydrogen-bond acceptors (Lipinski definition) is 3. The van der Waals surface area contributed by atoms with E-state index in [1.54, 1.807) is 7.05 Å². The fourth-order valence-corrected chi connectivity index (χ4v) is 1.89. The maximum absolute atomic E-state index is 12.3. The fraction of sp³-hybridized carbons (Fsp3) is 0.154. The third-order valence-corrected chi connectivity index (χ3v) is 3.14. The molecule has 4 nitrogen and oxygen atoms in total. The number of carbonyl (C=O) groups is 1. The summed E-state index contributed by atoms with van der Waals surface area (Å²) in [5, 5.41) is 7.37. The van der Waals surface area contributed by atoms with Crippen LogP contribution in [0.2, 0.25) is 10.3 Å². The summed E-state index contributed by atoms with van der Waals surface area (Å²) < 4.78 is 0. The largest absolute Gasteiger partial charge is 0.311 e. The van der Waals surface area contributed by atoms with Crippen molar-refractivity contribution in [3.05, 3.63) is 51.8 Å².